The number of nitrogens with zero attached hydrogens (tertiary/aromatic N) is 3. The fraction of sp³-hybridized carbons (Fsp3) is 0.452. The third-order valence-corrected chi connectivity index (χ3v) is 11.3. The second kappa shape index (κ2) is 17.6. The van der Waals surface area contributed by atoms with Crippen molar-refractivity contribution >= 4 is 34.8 Å². The van der Waals surface area contributed by atoms with Gasteiger partial charge >= 0.3 is 0 Å². The number of Topliss-reactive ketones (excluding diaryl/α,β-unsaturated/α-hetero) is 2. The minimum absolute atomic E-state index is 0.0417. The molecule has 1 atom stereocenters. The number of amides is 1. The molecule has 9 nitrogen and oxygen atoms in total. The van der Waals surface area contributed by atoms with Crippen LogP contribution in [0, 0.1) is 23.7 Å². The number of carbonyl (C=O) groups excluding carboxylic acids is 3. The SMILES string of the molecule is CC(C)N1CCC(CC(=O)c2cccc(-c3cccc(C[C@H](CC(=O)C4CCC(CN)CC4)C(=O)Nc4ccc(-c5n[nH]c(Cl)n5)cc4)c3)c2)CC1. The van der Waals surface area contributed by atoms with Gasteiger partial charge in [-0.3, -0.25) is 14.4 Å². The van der Waals surface area contributed by atoms with E-state index in [1.54, 1.807) is 12.1 Å². The number of anilines is 1. The highest BCUT2D eigenvalue weighted by atomic mass is 35.5. The molecular formula is C42H51ClN6O3. The molecule has 6 rings (SSSR count). The van der Waals surface area contributed by atoms with Gasteiger partial charge < -0.3 is 16.0 Å². The van der Waals surface area contributed by atoms with Crippen LogP contribution >= 0.6 is 11.6 Å². The van der Waals surface area contributed by atoms with Gasteiger partial charge in [0.2, 0.25) is 11.2 Å². The second-order valence-electron chi connectivity index (χ2n) is 15.0. The van der Waals surface area contributed by atoms with Gasteiger partial charge in [-0.1, -0.05) is 42.5 Å². The van der Waals surface area contributed by atoms with Crippen LogP contribution in [-0.4, -0.2) is 63.2 Å². The number of aromatic nitrogens is 3. The summed E-state index contributed by atoms with van der Waals surface area (Å²) in [5.41, 5.74) is 10.9. The molecule has 2 fully saturated rings. The van der Waals surface area contributed by atoms with E-state index in [-0.39, 0.29) is 35.1 Å². The Morgan fingerprint density at radius 2 is 1.58 bits per heavy atom. The molecule has 1 aliphatic heterocycles. The summed E-state index contributed by atoms with van der Waals surface area (Å²) in [6.07, 6.45) is 6.81. The van der Waals surface area contributed by atoms with Crippen LogP contribution in [0.3, 0.4) is 0 Å². The number of carbonyl (C=O) groups is 3. The van der Waals surface area contributed by atoms with Crippen LogP contribution < -0.4 is 11.1 Å². The summed E-state index contributed by atoms with van der Waals surface area (Å²) in [6.45, 7) is 7.21. The first kappa shape index (κ1) is 37.6. The molecule has 0 unspecified atom stereocenters. The quantitative estimate of drug-likeness (QED) is 0.112. The number of likely N-dealkylation sites (tertiary alicyclic amines) is 1. The monoisotopic (exact) mass is 722 g/mol. The van der Waals surface area contributed by atoms with E-state index in [0.717, 1.165) is 79.4 Å². The van der Waals surface area contributed by atoms with Crippen molar-refractivity contribution in [1.82, 2.24) is 20.1 Å². The van der Waals surface area contributed by atoms with Crippen molar-refractivity contribution in [3.05, 3.63) is 89.2 Å². The number of hydrogen-bond donors (Lipinski definition) is 3. The zero-order chi connectivity index (χ0) is 36.6. The van der Waals surface area contributed by atoms with Gasteiger partial charge in [0.1, 0.15) is 5.78 Å². The van der Waals surface area contributed by atoms with E-state index in [1.807, 2.05) is 54.6 Å². The zero-order valence-corrected chi connectivity index (χ0v) is 31.1. The van der Waals surface area contributed by atoms with Crippen LogP contribution in [0.1, 0.15) is 81.1 Å². The molecule has 1 aliphatic carbocycles. The summed E-state index contributed by atoms with van der Waals surface area (Å²) in [5.74, 6) is 0.887. The number of rotatable bonds is 14. The van der Waals surface area contributed by atoms with E-state index in [4.69, 9.17) is 17.3 Å². The second-order valence-corrected chi connectivity index (χ2v) is 15.4. The van der Waals surface area contributed by atoms with Crippen molar-refractivity contribution in [2.45, 2.75) is 77.7 Å². The van der Waals surface area contributed by atoms with Crippen molar-refractivity contribution in [1.29, 1.82) is 0 Å². The molecular weight excluding hydrogens is 672 g/mol. The molecule has 1 aromatic heterocycles. The largest absolute Gasteiger partial charge is 0.330 e. The van der Waals surface area contributed by atoms with Crippen molar-refractivity contribution in [2.24, 2.45) is 29.4 Å². The highest BCUT2D eigenvalue weighted by molar-refractivity contribution is 6.28. The smallest absolute Gasteiger partial charge is 0.228 e. The molecule has 52 heavy (non-hydrogen) atoms. The maximum Gasteiger partial charge on any atom is 0.228 e. The average Bonchev–Trinajstić information content (AvgIpc) is 3.61. The number of piperidine rings is 1. The standard InChI is InChI=1S/C42H51ClN6O3/c1-27(2)49-19-17-28(18-20-49)23-38(50)35-8-4-7-34(24-35)33-6-3-5-30(21-33)22-36(25-39(51)31-11-9-29(26-44)10-12-31)41(52)45-37-15-13-32(14-16-37)40-46-42(43)48-47-40/h3-8,13-16,21,24,27-29,31,36H,9-12,17-20,22-23,25-26,44H2,1-2H3,(H,45,52)(H,46,47,48)/t29?,31?,36-/m1/s1. The summed E-state index contributed by atoms with van der Waals surface area (Å²) in [7, 11) is 0. The van der Waals surface area contributed by atoms with Crippen LogP contribution in [-0.2, 0) is 16.0 Å². The van der Waals surface area contributed by atoms with E-state index in [1.165, 1.54) is 0 Å². The van der Waals surface area contributed by atoms with E-state index < -0.39 is 5.92 Å². The number of nitrogens with two attached hydrogens (primary N) is 1. The van der Waals surface area contributed by atoms with Crippen molar-refractivity contribution in [3.8, 4) is 22.5 Å². The number of aromatic amines is 1. The highest BCUT2D eigenvalue weighted by Gasteiger charge is 2.30. The van der Waals surface area contributed by atoms with Crippen molar-refractivity contribution in [2.75, 3.05) is 25.0 Å². The minimum atomic E-state index is -0.559. The predicted octanol–water partition coefficient (Wildman–Crippen LogP) is 8.01. The molecule has 1 saturated carbocycles. The number of hydrogen-bond acceptors (Lipinski definition) is 7. The van der Waals surface area contributed by atoms with E-state index in [0.29, 0.717) is 48.8 Å². The first-order valence-corrected chi connectivity index (χ1v) is 19.2. The van der Waals surface area contributed by atoms with Gasteiger partial charge in [0.25, 0.3) is 0 Å². The van der Waals surface area contributed by atoms with Crippen molar-refractivity contribution < 1.29 is 14.4 Å². The molecule has 2 aliphatic rings. The maximum absolute atomic E-state index is 13.9. The molecule has 0 spiro atoms. The Labute approximate surface area is 312 Å². The topological polar surface area (TPSA) is 134 Å². The molecule has 0 radical (unpaired) electrons. The third-order valence-electron chi connectivity index (χ3n) is 11.1. The fourth-order valence-electron chi connectivity index (χ4n) is 7.79. The maximum atomic E-state index is 13.9. The lowest BCUT2D eigenvalue weighted by atomic mass is 9.77. The number of ketones is 2. The van der Waals surface area contributed by atoms with Crippen LogP contribution in [0.5, 0.6) is 0 Å². The van der Waals surface area contributed by atoms with Crippen LogP contribution in [0.15, 0.2) is 72.8 Å². The summed E-state index contributed by atoms with van der Waals surface area (Å²) in [5, 5.41) is 9.98. The molecule has 1 amide bonds. The summed E-state index contributed by atoms with van der Waals surface area (Å²) >= 11 is 5.90. The molecule has 1 saturated heterocycles. The zero-order valence-electron chi connectivity index (χ0n) is 30.3. The van der Waals surface area contributed by atoms with Gasteiger partial charge in [-0.25, -0.2) is 5.10 Å². The Morgan fingerprint density at radius 3 is 2.23 bits per heavy atom. The number of benzene rings is 3. The van der Waals surface area contributed by atoms with Crippen LogP contribution in [0.2, 0.25) is 5.28 Å². The fourth-order valence-corrected chi connectivity index (χ4v) is 7.92. The van der Waals surface area contributed by atoms with E-state index in [2.05, 4.69) is 45.3 Å². The summed E-state index contributed by atoms with van der Waals surface area (Å²) in [4.78, 5) is 47.6. The van der Waals surface area contributed by atoms with Gasteiger partial charge in [-0.05, 0) is 149 Å². The predicted molar refractivity (Wildman–Crippen MR) is 207 cm³/mol. The highest BCUT2D eigenvalue weighted by Crippen LogP contribution is 2.32. The lowest BCUT2D eigenvalue weighted by molar-refractivity contribution is -0.129. The van der Waals surface area contributed by atoms with Crippen molar-refractivity contribution in [3.63, 3.8) is 0 Å². The molecule has 10 heteroatoms. The van der Waals surface area contributed by atoms with Gasteiger partial charge in [0, 0.05) is 47.5 Å². The van der Waals surface area contributed by atoms with Gasteiger partial charge in [-0.2, -0.15) is 10.1 Å². The normalized spacial score (nSPS) is 19.0. The summed E-state index contributed by atoms with van der Waals surface area (Å²) in [6, 6.07) is 23.8. The Kier molecular flexibility index (Phi) is 12.7. The molecule has 3 aromatic carbocycles. The first-order valence-electron chi connectivity index (χ1n) is 18.8. The number of halogens is 1. The summed E-state index contributed by atoms with van der Waals surface area (Å²) < 4.78 is 0. The Balaban J connectivity index is 1.15. The van der Waals surface area contributed by atoms with Gasteiger partial charge in [0.05, 0.1) is 0 Å². The number of H-pyrrole nitrogens is 1. The third kappa shape index (κ3) is 9.82. The molecule has 2 heterocycles. The lowest BCUT2D eigenvalue weighted by Gasteiger charge is -2.34. The average molecular weight is 723 g/mol. The van der Waals surface area contributed by atoms with Crippen LogP contribution in [0.25, 0.3) is 22.5 Å². The van der Waals surface area contributed by atoms with E-state index in [9.17, 15) is 14.4 Å². The Morgan fingerprint density at radius 1 is 0.885 bits per heavy atom. The lowest BCUT2D eigenvalue weighted by Crippen LogP contribution is -2.38. The van der Waals surface area contributed by atoms with Gasteiger partial charge in [-0.15, -0.1) is 0 Å². The minimum Gasteiger partial charge on any atom is -0.330 e. The molecule has 0 bridgehead atoms. The number of nitrogens with one attached hydrogen (secondary N) is 2. The first-order chi connectivity index (χ1) is 25.1. The van der Waals surface area contributed by atoms with Crippen LogP contribution in [0.4, 0.5) is 5.69 Å². The molecule has 4 aromatic rings. The molecule has 274 valence electrons. The van der Waals surface area contributed by atoms with E-state index >= 15 is 0 Å². The van der Waals surface area contributed by atoms with Gasteiger partial charge in [0.15, 0.2) is 11.6 Å². The Bertz CT molecular complexity index is 1820. The molecule has 4 N–H and O–H groups in total. The Hall–Kier alpha value is -4.18.